The lowest BCUT2D eigenvalue weighted by atomic mass is 10.2. The Labute approximate surface area is 123 Å². The molecule has 7 nitrogen and oxygen atoms in total. The number of aliphatic hydroxyl groups is 1. The number of carbonyl (C=O) groups excluding carboxylic acids is 2. The topological polar surface area (TPSA) is 105 Å². The van der Waals surface area contributed by atoms with Crippen LogP contribution in [0.2, 0.25) is 0 Å². The van der Waals surface area contributed by atoms with Crippen LogP contribution in [0.15, 0.2) is 24.3 Å². The highest BCUT2D eigenvalue weighted by Gasteiger charge is 2.11. The summed E-state index contributed by atoms with van der Waals surface area (Å²) in [4.78, 5) is 24.4. The van der Waals surface area contributed by atoms with Gasteiger partial charge in [-0.25, -0.2) is 0 Å². The van der Waals surface area contributed by atoms with Crippen LogP contribution in [0.5, 0.6) is 0 Å². The van der Waals surface area contributed by atoms with Crippen molar-refractivity contribution < 1.29 is 19.4 Å². The molecule has 1 atom stereocenters. The molecule has 0 radical (unpaired) electrons. The molecule has 0 aliphatic heterocycles. The van der Waals surface area contributed by atoms with Gasteiger partial charge in [-0.05, 0) is 31.3 Å². The summed E-state index contributed by atoms with van der Waals surface area (Å²) >= 11 is 0. The molecule has 7 heteroatoms. The quantitative estimate of drug-likeness (QED) is 0.609. The Morgan fingerprint density at radius 3 is 2.52 bits per heavy atom. The van der Waals surface area contributed by atoms with E-state index >= 15 is 0 Å². The van der Waals surface area contributed by atoms with Crippen LogP contribution in [-0.4, -0.2) is 61.8 Å². The number of nitrogens with zero attached hydrogens (tertiary/aromatic N) is 1. The fraction of sp³-hybridized carbons (Fsp3) is 0.429. The summed E-state index contributed by atoms with van der Waals surface area (Å²) in [6.45, 7) is 0.695. The smallest absolute Gasteiger partial charge is 0.248 e. The molecule has 1 aromatic rings. The van der Waals surface area contributed by atoms with Crippen LogP contribution in [0.1, 0.15) is 10.4 Å². The number of nitrogens with two attached hydrogens (primary N) is 1. The maximum atomic E-state index is 11.8. The van der Waals surface area contributed by atoms with Gasteiger partial charge in [-0.15, -0.1) is 0 Å². The number of ether oxygens (including phenoxy) is 1. The number of aliphatic hydroxyl groups excluding tert-OH is 1. The SMILES string of the molecule is COCC(O)CN(C)CC(=O)Nc1ccc(C(N)=O)cc1. The van der Waals surface area contributed by atoms with E-state index in [4.69, 9.17) is 10.5 Å². The maximum Gasteiger partial charge on any atom is 0.248 e. The van der Waals surface area contributed by atoms with Gasteiger partial charge >= 0.3 is 0 Å². The van der Waals surface area contributed by atoms with Crippen molar-refractivity contribution in [2.75, 3.05) is 39.2 Å². The summed E-state index contributed by atoms with van der Waals surface area (Å²) in [5, 5.41) is 12.3. The van der Waals surface area contributed by atoms with Gasteiger partial charge < -0.3 is 20.9 Å². The number of hydrogen-bond acceptors (Lipinski definition) is 5. The first kappa shape index (κ1) is 17.1. The Hall–Kier alpha value is -1.96. The molecule has 0 saturated heterocycles. The minimum absolute atomic E-state index is 0.137. The molecule has 0 aliphatic carbocycles. The number of amides is 2. The summed E-state index contributed by atoms with van der Waals surface area (Å²) in [5.41, 5.74) is 6.10. The molecule has 2 amide bonds. The molecule has 116 valence electrons. The first-order chi connectivity index (χ1) is 9.92. The number of likely N-dealkylation sites (N-methyl/N-ethyl adjacent to an activating group) is 1. The van der Waals surface area contributed by atoms with Crippen molar-refractivity contribution in [3.05, 3.63) is 29.8 Å². The Bertz CT molecular complexity index is 476. The third-order valence-electron chi connectivity index (χ3n) is 2.75. The zero-order valence-corrected chi connectivity index (χ0v) is 12.2. The van der Waals surface area contributed by atoms with Gasteiger partial charge in [0.1, 0.15) is 0 Å². The average molecular weight is 295 g/mol. The summed E-state index contributed by atoms with van der Waals surface area (Å²) in [5.74, 6) is -0.728. The third-order valence-corrected chi connectivity index (χ3v) is 2.75. The molecule has 1 aromatic carbocycles. The molecule has 1 unspecified atom stereocenters. The highest BCUT2D eigenvalue weighted by atomic mass is 16.5. The molecule has 0 fully saturated rings. The lowest BCUT2D eigenvalue weighted by molar-refractivity contribution is -0.117. The van der Waals surface area contributed by atoms with Crippen LogP contribution in [0, 0.1) is 0 Å². The largest absolute Gasteiger partial charge is 0.389 e. The van der Waals surface area contributed by atoms with Crippen LogP contribution >= 0.6 is 0 Å². The maximum absolute atomic E-state index is 11.8. The first-order valence-corrected chi connectivity index (χ1v) is 6.47. The number of nitrogens with one attached hydrogen (secondary N) is 1. The molecule has 0 aromatic heterocycles. The van der Waals surface area contributed by atoms with E-state index in [2.05, 4.69) is 5.32 Å². The van der Waals surface area contributed by atoms with Gasteiger partial charge in [0.15, 0.2) is 0 Å². The fourth-order valence-electron chi connectivity index (χ4n) is 1.83. The van der Waals surface area contributed by atoms with Crippen LogP contribution < -0.4 is 11.1 Å². The van der Waals surface area contributed by atoms with Gasteiger partial charge in [0.2, 0.25) is 11.8 Å². The van der Waals surface area contributed by atoms with E-state index in [1.807, 2.05) is 0 Å². The summed E-state index contributed by atoms with van der Waals surface area (Å²) in [7, 11) is 3.24. The van der Waals surface area contributed by atoms with Crippen molar-refractivity contribution in [1.82, 2.24) is 4.90 Å². The van der Waals surface area contributed by atoms with E-state index in [0.29, 0.717) is 17.8 Å². The molecule has 0 spiro atoms. The fourth-order valence-corrected chi connectivity index (χ4v) is 1.83. The second-order valence-electron chi connectivity index (χ2n) is 4.80. The van der Waals surface area contributed by atoms with Gasteiger partial charge in [-0.1, -0.05) is 0 Å². The van der Waals surface area contributed by atoms with Gasteiger partial charge in [-0.2, -0.15) is 0 Å². The van der Waals surface area contributed by atoms with E-state index in [-0.39, 0.29) is 19.1 Å². The molecule has 0 heterocycles. The number of anilines is 1. The normalized spacial score (nSPS) is 12.2. The molecule has 21 heavy (non-hydrogen) atoms. The Balaban J connectivity index is 2.44. The van der Waals surface area contributed by atoms with E-state index in [1.165, 1.54) is 7.11 Å². The molecule has 0 saturated carbocycles. The summed E-state index contributed by atoms with van der Waals surface area (Å²) in [6.07, 6.45) is -0.636. The lowest BCUT2D eigenvalue weighted by Gasteiger charge is -2.19. The predicted molar refractivity (Wildman–Crippen MR) is 79.0 cm³/mol. The predicted octanol–water partition coefficient (Wildman–Crippen LogP) is -0.337. The van der Waals surface area contributed by atoms with Crippen molar-refractivity contribution in [1.29, 1.82) is 0 Å². The highest BCUT2D eigenvalue weighted by Crippen LogP contribution is 2.09. The Morgan fingerprint density at radius 2 is 2.00 bits per heavy atom. The minimum atomic E-state index is -0.636. The van der Waals surface area contributed by atoms with E-state index in [9.17, 15) is 14.7 Å². The van der Waals surface area contributed by atoms with Crippen LogP contribution in [0.25, 0.3) is 0 Å². The number of benzene rings is 1. The van der Waals surface area contributed by atoms with Gasteiger partial charge in [-0.3, -0.25) is 14.5 Å². The summed E-state index contributed by atoms with van der Waals surface area (Å²) in [6, 6.07) is 6.31. The molecule has 0 aliphatic rings. The number of methoxy groups -OCH3 is 1. The second kappa shape index (κ2) is 8.35. The van der Waals surface area contributed by atoms with Gasteiger partial charge in [0.25, 0.3) is 0 Å². The lowest BCUT2D eigenvalue weighted by Crippen LogP contribution is -2.37. The first-order valence-electron chi connectivity index (χ1n) is 6.47. The molecule has 0 bridgehead atoms. The molecule has 1 rings (SSSR count). The van der Waals surface area contributed by atoms with Gasteiger partial charge in [0, 0.05) is 24.9 Å². The van der Waals surface area contributed by atoms with E-state index < -0.39 is 12.0 Å². The third kappa shape index (κ3) is 6.35. The van der Waals surface area contributed by atoms with Crippen molar-refractivity contribution in [2.24, 2.45) is 5.73 Å². The highest BCUT2D eigenvalue weighted by molar-refractivity contribution is 5.95. The van der Waals surface area contributed by atoms with Crippen molar-refractivity contribution in [3.8, 4) is 0 Å². The summed E-state index contributed by atoms with van der Waals surface area (Å²) < 4.78 is 4.82. The number of rotatable bonds is 8. The zero-order valence-electron chi connectivity index (χ0n) is 12.2. The number of hydrogen-bond donors (Lipinski definition) is 3. The monoisotopic (exact) mass is 295 g/mol. The van der Waals surface area contributed by atoms with Crippen LogP contribution in [-0.2, 0) is 9.53 Å². The standard InChI is InChI=1S/C14H21N3O4/c1-17(7-12(18)9-21-2)8-13(19)16-11-5-3-10(4-6-11)14(15)20/h3-6,12,18H,7-9H2,1-2H3,(H2,15,20)(H,16,19). The average Bonchev–Trinajstić information content (AvgIpc) is 2.38. The van der Waals surface area contributed by atoms with E-state index in [1.54, 1.807) is 36.2 Å². The zero-order chi connectivity index (χ0) is 15.8. The number of carbonyl (C=O) groups is 2. The van der Waals surface area contributed by atoms with Crippen molar-refractivity contribution in [2.45, 2.75) is 6.10 Å². The van der Waals surface area contributed by atoms with Crippen molar-refractivity contribution >= 4 is 17.5 Å². The van der Waals surface area contributed by atoms with Crippen LogP contribution in [0.3, 0.4) is 0 Å². The van der Waals surface area contributed by atoms with Gasteiger partial charge in [0.05, 0.1) is 19.3 Å². The minimum Gasteiger partial charge on any atom is -0.389 e. The molecular formula is C14H21N3O4. The number of primary amides is 1. The van der Waals surface area contributed by atoms with E-state index in [0.717, 1.165) is 0 Å². The van der Waals surface area contributed by atoms with Crippen molar-refractivity contribution in [3.63, 3.8) is 0 Å². The Morgan fingerprint density at radius 1 is 1.38 bits per heavy atom. The molecule has 4 N–H and O–H groups in total. The molecular weight excluding hydrogens is 274 g/mol. The van der Waals surface area contributed by atoms with Crippen LogP contribution in [0.4, 0.5) is 5.69 Å². The second-order valence-corrected chi connectivity index (χ2v) is 4.80. The Kier molecular flexibility index (Phi) is 6.80.